The van der Waals surface area contributed by atoms with Crippen LogP contribution in [0.5, 0.6) is 0 Å². The largest absolute Gasteiger partial charge is 0.342 e. The first-order valence-corrected chi connectivity index (χ1v) is 6.56. The molecule has 0 aromatic rings. The highest BCUT2D eigenvalue weighted by Gasteiger charge is 2.52. The predicted octanol–water partition coefficient (Wildman–Crippen LogP) is 3.33. The van der Waals surface area contributed by atoms with E-state index in [0.717, 1.165) is 31.0 Å². The molecule has 2 nitrogen and oxygen atoms in total. The van der Waals surface area contributed by atoms with Gasteiger partial charge in [0.05, 0.1) is 12.2 Å². The van der Waals surface area contributed by atoms with Crippen molar-refractivity contribution < 1.29 is 9.47 Å². The number of hydrogen-bond donors (Lipinski definition) is 0. The van der Waals surface area contributed by atoms with Crippen LogP contribution in [0.25, 0.3) is 0 Å². The first-order chi connectivity index (χ1) is 7.57. The van der Waals surface area contributed by atoms with Crippen LogP contribution in [0.2, 0.25) is 0 Å². The van der Waals surface area contributed by atoms with E-state index in [1.807, 2.05) is 0 Å². The van der Waals surface area contributed by atoms with Crippen LogP contribution >= 0.6 is 0 Å². The van der Waals surface area contributed by atoms with Crippen molar-refractivity contribution in [1.29, 1.82) is 0 Å². The summed E-state index contributed by atoms with van der Waals surface area (Å²) in [4.78, 5) is 0. The fourth-order valence-electron chi connectivity index (χ4n) is 3.39. The first kappa shape index (κ1) is 11.0. The summed E-state index contributed by atoms with van der Waals surface area (Å²) < 4.78 is 12.1. The predicted molar refractivity (Wildman–Crippen MR) is 62.2 cm³/mol. The Morgan fingerprint density at radius 1 is 1.12 bits per heavy atom. The molecule has 0 amide bonds. The summed E-state index contributed by atoms with van der Waals surface area (Å²) in [5, 5.41) is 0. The summed E-state index contributed by atoms with van der Waals surface area (Å²) in [5.41, 5.74) is 0.198. The molecule has 90 valence electrons. The molecule has 0 spiro atoms. The lowest BCUT2D eigenvalue weighted by Crippen LogP contribution is -2.22. The summed E-state index contributed by atoms with van der Waals surface area (Å²) in [6, 6.07) is 0. The number of ether oxygens (including phenoxy) is 2. The molecule has 2 saturated heterocycles. The van der Waals surface area contributed by atoms with Crippen molar-refractivity contribution >= 4 is 0 Å². The fraction of sp³-hybridized carbons (Fsp3) is 0.857. The van der Waals surface area contributed by atoms with E-state index in [2.05, 4.69) is 20.8 Å². The van der Waals surface area contributed by atoms with Gasteiger partial charge in [-0.1, -0.05) is 20.8 Å². The molecular formula is C14H22O2. The Morgan fingerprint density at radius 2 is 1.69 bits per heavy atom. The van der Waals surface area contributed by atoms with E-state index in [1.54, 1.807) is 0 Å². The molecule has 2 radical (unpaired) electrons. The van der Waals surface area contributed by atoms with Crippen molar-refractivity contribution in [2.75, 3.05) is 0 Å². The van der Waals surface area contributed by atoms with Gasteiger partial charge in [0.25, 0.3) is 0 Å². The van der Waals surface area contributed by atoms with E-state index in [9.17, 15) is 0 Å². The smallest absolute Gasteiger partial charge is 0.224 e. The van der Waals surface area contributed by atoms with Crippen LogP contribution in [0, 0.1) is 30.5 Å². The minimum Gasteiger partial charge on any atom is -0.342 e. The SMILES string of the molecule is [CH2]CC(C)(C)C[C]1OC2CC3CC2CC3O1. The molecule has 2 saturated carbocycles. The van der Waals surface area contributed by atoms with Crippen LogP contribution in [-0.2, 0) is 9.47 Å². The minimum absolute atomic E-state index is 0.198. The molecule has 4 rings (SSSR count). The molecule has 2 aliphatic carbocycles. The molecule has 2 heterocycles. The van der Waals surface area contributed by atoms with Crippen LogP contribution in [0.4, 0.5) is 0 Å². The van der Waals surface area contributed by atoms with E-state index in [0.29, 0.717) is 12.2 Å². The molecule has 2 aliphatic heterocycles. The third kappa shape index (κ3) is 1.80. The van der Waals surface area contributed by atoms with Crippen molar-refractivity contribution in [3.8, 4) is 0 Å². The molecule has 0 N–H and O–H groups in total. The molecule has 4 fully saturated rings. The van der Waals surface area contributed by atoms with Gasteiger partial charge in [-0.2, -0.15) is 0 Å². The molecule has 2 heteroatoms. The van der Waals surface area contributed by atoms with Crippen molar-refractivity contribution in [1.82, 2.24) is 0 Å². The Kier molecular flexibility index (Phi) is 2.56. The Balaban J connectivity index is 1.67. The second-order valence-corrected chi connectivity index (χ2v) is 6.50. The molecular weight excluding hydrogens is 200 g/mol. The molecule has 4 bridgehead atoms. The van der Waals surface area contributed by atoms with E-state index >= 15 is 0 Å². The molecule has 0 aromatic carbocycles. The average Bonchev–Trinajstić information content (AvgIpc) is 2.67. The Morgan fingerprint density at radius 3 is 2.12 bits per heavy atom. The quantitative estimate of drug-likeness (QED) is 0.729. The number of fused-ring (bicyclic) bond motifs is 2. The van der Waals surface area contributed by atoms with Crippen LogP contribution in [-0.4, -0.2) is 12.2 Å². The second-order valence-electron chi connectivity index (χ2n) is 6.50. The van der Waals surface area contributed by atoms with E-state index < -0.39 is 0 Å². The third-order valence-corrected chi connectivity index (χ3v) is 4.59. The van der Waals surface area contributed by atoms with Crippen LogP contribution in [0.1, 0.15) is 46.0 Å². The van der Waals surface area contributed by atoms with Gasteiger partial charge in [0.15, 0.2) is 0 Å². The van der Waals surface area contributed by atoms with Gasteiger partial charge in [0.1, 0.15) is 0 Å². The molecule has 16 heavy (non-hydrogen) atoms. The van der Waals surface area contributed by atoms with Gasteiger partial charge in [-0.15, -0.1) is 0 Å². The van der Waals surface area contributed by atoms with Gasteiger partial charge in [0, 0.05) is 6.42 Å². The summed E-state index contributed by atoms with van der Waals surface area (Å²) >= 11 is 0. The van der Waals surface area contributed by atoms with Gasteiger partial charge in [0.2, 0.25) is 6.29 Å². The third-order valence-electron chi connectivity index (χ3n) is 4.59. The van der Waals surface area contributed by atoms with Crippen molar-refractivity contribution in [2.24, 2.45) is 17.3 Å². The maximum absolute atomic E-state index is 6.06. The lowest BCUT2D eigenvalue weighted by Gasteiger charge is -2.28. The zero-order valence-electron chi connectivity index (χ0n) is 10.4. The maximum Gasteiger partial charge on any atom is 0.224 e. The van der Waals surface area contributed by atoms with E-state index in [4.69, 9.17) is 9.47 Å². The number of rotatable bonds is 3. The van der Waals surface area contributed by atoms with E-state index in [1.165, 1.54) is 19.3 Å². The van der Waals surface area contributed by atoms with Crippen molar-refractivity contribution in [3.63, 3.8) is 0 Å². The minimum atomic E-state index is 0.198. The molecule has 4 unspecified atom stereocenters. The maximum atomic E-state index is 6.06. The Labute approximate surface area is 98.7 Å². The lowest BCUT2D eigenvalue weighted by molar-refractivity contribution is -0.0920. The average molecular weight is 222 g/mol. The summed E-state index contributed by atoms with van der Waals surface area (Å²) in [6.45, 7) is 8.46. The highest BCUT2D eigenvalue weighted by molar-refractivity contribution is 5.01. The molecule has 4 aliphatic rings. The van der Waals surface area contributed by atoms with Crippen molar-refractivity contribution in [2.45, 2.75) is 58.2 Å². The van der Waals surface area contributed by atoms with E-state index in [-0.39, 0.29) is 5.41 Å². The first-order valence-electron chi connectivity index (χ1n) is 6.56. The second kappa shape index (κ2) is 3.71. The van der Waals surface area contributed by atoms with Gasteiger partial charge >= 0.3 is 0 Å². The van der Waals surface area contributed by atoms with Gasteiger partial charge < -0.3 is 9.47 Å². The van der Waals surface area contributed by atoms with Crippen LogP contribution in [0.15, 0.2) is 0 Å². The highest BCUT2D eigenvalue weighted by atomic mass is 16.7. The monoisotopic (exact) mass is 222 g/mol. The Bertz CT molecular complexity index is 256. The number of hydrogen-bond acceptors (Lipinski definition) is 2. The van der Waals surface area contributed by atoms with Crippen molar-refractivity contribution in [3.05, 3.63) is 13.2 Å². The highest BCUT2D eigenvalue weighted by Crippen LogP contribution is 2.53. The van der Waals surface area contributed by atoms with Crippen LogP contribution in [0.3, 0.4) is 0 Å². The zero-order valence-corrected chi connectivity index (χ0v) is 10.4. The summed E-state index contributed by atoms with van der Waals surface area (Å²) in [6.07, 6.45) is 7.43. The summed E-state index contributed by atoms with van der Waals surface area (Å²) in [5.74, 6) is 1.55. The van der Waals surface area contributed by atoms with Gasteiger partial charge in [-0.05, 0) is 42.9 Å². The summed E-state index contributed by atoms with van der Waals surface area (Å²) in [7, 11) is 0. The standard InChI is InChI=1S/C14H22O2/c1-4-14(2,3)8-13-15-11-6-9-5-10(11)7-12(9)16-13/h9-12H,1,4-8H2,2-3H3. The molecule has 0 aromatic heterocycles. The zero-order chi connectivity index (χ0) is 11.3. The fourth-order valence-corrected chi connectivity index (χ4v) is 3.39. The lowest BCUT2D eigenvalue weighted by atomic mass is 9.86. The van der Waals surface area contributed by atoms with Gasteiger partial charge in [-0.3, -0.25) is 0 Å². The van der Waals surface area contributed by atoms with Gasteiger partial charge in [-0.25, -0.2) is 0 Å². The topological polar surface area (TPSA) is 18.5 Å². The normalized spacial score (nSPS) is 42.9. The molecule has 4 atom stereocenters. The van der Waals surface area contributed by atoms with Crippen LogP contribution < -0.4 is 0 Å². The Hall–Kier alpha value is -0.0800.